The van der Waals surface area contributed by atoms with Crippen molar-refractivity contribution in [3.63, 3.8) is 0 Å². The first-order valence-electron chi connectivity index (χ1n) is 6.52. The van der Waals surface area contributed by atoms with Gasteiger partial charge in [-0.3, -0.25) is 0 Å². The van der Waals surface area contributed by atoms with E-state index in [1.54, 1.807) is 0 Å². The molecule has 1 N–H and O–H groups in total. The van der Waals surface area contributed by atoms with E-state index in [2.05, 4.69) is 13.8 Å². The summed E-state index contributed by atoms with van der Waals surface area (Å²) in [6.45, 7) is 4.46. The van der Waals surface area contributed by atoms with Crippen molar-refractivity contribution in [3.05, 3.63) is 35.4 Å². The molecule has 0 heterocycles. The average molecular weight is 254 g/mol. The molecule has 1 aromatic carbocycles. The molecular weight excluding hydrogens is 234 g/mol. The highest BCUT2D eigenvalue weighted by Gasteiger charge is 2.31. The molecule has 0 saturated heterocycles. The maximum atomic E-state index is 13.1. The van der Waals surface area contributed by atoms with Gasteiger partial charge in [0.05, 0.1) is 6.10 Å². The Morgan fingerprint density at radius 1 is 1.17 bits per heavy atom. The van der Waals surface area contributed by atoms with E-state index in [1.165, 1.54) is 6.07 Å². The summed E-state index contributed by atoms with van der Waals surface area (Å²) in [5, 5.41) is 10.2. The van der Waals surface area contributed by atoms with E-state index in [0.29, 0.717) is 11.0 Å². The highest BCUT2D eigenvalue weighted by atomic mass is 19.2. The molecule has 18 heavy (non-hydrogen) atoms. The van der Waals surface area contributed by atoms with Gasteiger partial charge in [-0.05, 0) is 54.7 Å². The Hall–Kier alpha value is -0.960. The number of aliphatic hydroxyl groups excluding tert-OH is 1. The minimum Gasteiger partial charge on any atom is -0.388 e. The molecule has 100 valence electrons. The van der Waals surface area contributed by atoms with Crippen LogP contribution in [0, 0.1) is 23.0 Å². The Labute approximate surface area is 107 Å². The third-order valence-electron chi connectivity index (χ3n) is 4.12. The van der Waals surface area contributed by atoms with Crippen molar-refractivity contribution < 1.29 is 13.9 Å². The molecule has 0 aromatic heterocycles. The van der Waals surface area contributed by atoms with Crippen LogP contribution in [0.4, 0.5) is 8.78 Å². The maximum Gasteiger partial charge on any atom is 0.159 e. The number of hydrogen-bond acceptors (Lipinski definition) is 1. The van der Waals surface area contributed by atoms with Gasteiger partial charge in [-0.2, -0.15) is 0 Å². The van der Waals surface area contributed by atoms with E-state index in [-0.39, 0.29) is 5.92 Å². The van der Waals surface area contributed by atoms with E-state index >= 15 is 0 Å². The lowest BCUT2D eigenvalue weighted by atomic mass is 9.71. The predicted molar refractivity (Wildman–Crippen MR) is 67.1 cm³/mol. The smallest absolute Gasteiger partial charge is 0.159 e. The quantitative estimate of drug-likeness (QED) is 0.838. The lowest BCUT2D eigenvalue weighted by molar-refractivity contribution is 0.0564. The minimum atomic E-state index is -0.886. The summed E-state index contributed by atoms with van der Waals surface area (Å²) in [5.74, 6) is -1.60. The third kappa shape index (κ3) is 2.89. The number of hydrogen-bond donors (Lipinski definition) is 1. The van der Waals surface area contributed by atoms with Gasteiger partial charge in [-0.25, -0.2) is 8.78 Å². The highest BCUT2D eigenvalue weighted by Crippen LogP contribution is 2.42. The molecule has 0 amide bonds. The van der Waals surface area contributed by atoms with Gasteiger partial charge in [-0.1, -0.05) is 19.9 Å². The fraction of sp³-hybridized carbons (Fsp3) is 0.600. The van der Waals surface area contributed by atoms with Crippen molar-refractivity contribution in [2.75, 3.05) is 0 Å². The second-order valence-electron chi connectivity index (χ2n) is 6.12. The molecular formula is C15H20F2O. The molecule has 2 rings (SSSR count). The lowest BCUT2D eigenvalue weighted by Gasteiger charge is -2.36. The van der Waals surface area contributed by atoms with Gasteiger partial charge in [0, 0.05) is 0 Å². The van der Waals surface area contributed by atoms with Gasteiger partial charge in [0.2, 0.25) is 0 Å². The van der Waals surface area contributed by atoms with E-state index in [9.17, 15) is 13.9 Å². The van der Waals surface area contributed by atoms with E-state index in [0.717, 1.165) is 37.8 Å². The first-order valence-corrected chi connectivity index (χ1v) is 6.52. The fourth-order valence-corrected chi connectivity index (χ4v) is 2.71. The summed E-state index contributed by atoms with van der Waals surface area (Å²) in [4.78, 5) is 0. The Kier molecular flexibility index (Phi) is 3.71. The van der Waals surface area contributed by atoms with Crippen LogP contribution in [0.25, 0.3) is 0 Å². The maximum absolute atomic E-state index is 13.1. The van der Waals surface area contributed by atoms with Crippen molar-refractivity contribution in [1.29, 1.82) is 0 Å². The Morgan fingerprint density at radius 3 is 2.33 bits per heavy atom. The molecule has 1 atom stereocenters. The number of aliphatic hydroxyl groups is 1. The van der Waals surface area contributed by atoms with Crippen molar-refractivity contribution in [3.8, 4) is 0 Å². The van der Waals surface area contributed by atoms with E-state index < -0.39 is 17.7 Å². The van der Waals surface area contributed by atoms with Crippen LogP contribution < -0.4 is 0 Å². The fourth-order valence-electron chi connectivity index (χ4n) is 2.71. The third-order valence-corrected chi connectivity index (χ3v) is 4.12. The van der Waals surface area contributed by atoms with Gasteiger partial charge in [-0.15, -0.1) is 0 Å². The standard InChI is InChI=1S/C15H20F2O/c1-15(2)7-5-10(6-8-15)14(18)11-3-4-12(16)13(17)9-11/h3-4,9-10,14,18H,5-8H2,1-2H3. The van der Waals surface area contributed by atoms with Crippen molar-refractivity contribution in [2.24, 2.45) is 11.3 Å². The minimum absolute atomic E-state index is 0.155. The molecule has 1 nitrogen and oxygen atoms in total. The van der Waals surface area contributed by atoms with Crippen LogP contribution in [-0.4, -0.2) is 5.11 Å². The van der Waals surface area contributed by atoms with E-state index in [4.69, 9.17) is 0 Å². The molecule has 1 fully saturated rings. The van der Waals surface area contributed by atoms with Gasteiger partial charge in [0.1, 0.15) is 0 Å². The van der Waals surface area contributed by atoms with Crippen LogP contribution in [0.3, 0.4) is 0 Å². The number of rotatable bonds is 2. The number of benzene rings is 1. The average Bonchev–Trinajstić information content (AvgIpc) is 2.32. The molecule has 1 aliphatic carbocycles. The molecule has 0 aliphatic heterocycles. The highest BCUT2D eigenvalue weighted by molar-refractivity contribution is 5.20. The largest absolute Gasteiger partial charge is 0.388 e. The number of halogens is 2. The summed E-state index contributed by atoms with van der Waals surface area (Å²) >= 11 is 0. The lowest BCUT2D eigenvalue weighted by Crippen LogP contribution is -2.25. The van der Waals surface area contributed by atoms with Gasteiger partial charge < -0.3 is 5.11 Å². The molecule has 0 radical (unpaired) electrons. The van der Waals surface area contributed by atoms with Gasteiger partial charge >= 0.3 is 0 Å². The monoisotopic (exact) mass is 254 g/mol. The molecule has 1 aliphatic rings. The van der Waals surface area contributed by atoms with Crippen LogP contribution in [0.15, 0.2) is 18.2 Å². The second kappa shape index (κ2) is 4.96. The van der Waals surface area contributed by atoms with Crippen LogP contribution in [0.2, 0.25) is 0 Å². The summed E-state index contributed by atoms with van der Waals surface area (Å²) in [6, 6.07) is 3.67. The Morgan fingerprint density at radius 2 is 1.78 bits per heavy atom. The topological polar surface area (TPSA) is 20.2 Å². The zero-order valence-electron chi connectivity index (χ0n) is 10.9. The Balaban J connectivity index is 2.07. The Bertz CT molecular complexity index is 419. The molecule has 1 aromatic rings. The molecule has 3 heteroatoms. The zero-order valence-corrected chi connectivity index (χ0v) is 10.9. The summed E-state index contributed by atoms with van der Waals surface area (Å²) in [7, 11) is 0. The first kappa shape index (κ1) is 13.5. The predicted octanol–water partition coefficient (Wildman–Crippen LogP) is 4.21. The second-order valence-corrected chi connectivity index (χ2v) is 6.12. The van der Waals surface area contributed by atoms with E-state index in [1.807, 2.05) is 0 Å². The van der Waals surface area contributed by atoms with Gasteiger partial charge in [0.25, 0.3) is 0 Å². The van der Waals surface area contributed by atoms with Crippen LogP contribution >= 0.6 is 0 Å². The van der Waals surface area contributed by atoms with Crippen LogP contribution in [0.1, 0.15) is 51.2 Å². The molecule has 1 unspecified atom stereocenters. The molecule has 0 bridgehead atoms. The van der Waals surface area contributed by atoms with Crippen molar-refractivity contribution in [1.82, 2.24) is 0 Å². The molecule has 1 saturated carbocycles. The summed E-state index contributed by atoms with van der Waals surface area (Å²) in [6.07, 6.45) is 3.33. The van der Waals surface area contributed by atoms with Crippen LogP contribution in [-0.2, 0) is 0 Å². The zero-order chi connectivity index (χ0) is 13.3. The normalized spacial score (nSPS) is 21.8. The summed E-state index contributed by atoms with van der Waals surface area (Å²) in [5.41, 5.74) is 0.822. The first-order chi connectivity index (χ1) is 8.39. The summed E-state index contributed by atoms with van der Waals surface area (Å²) < 4.78 is 26.0. The molecule has 0 spiro atoms. The van der Waals surface area contributed by atoms with Crippen LogP contribution in [0.5, 0.6) is 0 Å². The van der Waals surface area contributed by atoms with Crippen molar-refractivity contribution in [2.45, 2.75) is 45.6 Å². The van der Waals surface area contributed by atoms with Crippen molar-refractivity contribution >= 4 is 0 Å². The van der Waals surface area contributed by atoms with Gasteiger partial charge in [0.15, 0.2) is 11.6 Å². The SMILES string of the molecule is CC1(C)CCC(C(O)c2ccc(F)c(F)c2)CC1.